The Kier molecular flexibility index (Phi) is 4.84. The lowest BCUT2D eigenvalue weighted by Gasteiger charge is -2.14. The zero-order valence-corrected chi connectivity index (χ0v) is 11.7. The van der Waals surface area contributed by atoms with Gasteiger partial charge in [0.15, 0.2) is 0 Å². The zero-order valence-electron chi connectivity index (χ0n) is 11.7. The van der Waals surface area contributed by atoms with Gasteiger partial charge >= 0.3 is 0 Å². The quantitative estimate of drug-likeness (QED) is 0.827. The van der Waals surface area contributed by atoms with Crippen molar-refractivity contribution in [1.82, 2.24) is 20.1 Å². The van der Waals surface area contributed by atoms with Crippen LogP contribution in [-0.4, -0.2) is 34.3 Å². The van der Waals surface area contributed by atoms with Crippen LogP contribution in [0.3, 0.4) is 0 Å². The van der Waals surface area contributed by atoms with Crippen LogP contribution >= 0.6 is 0 Å². The fraction of sp³-hybridized carbons (Fsp3) is 0.357. The first-order valence-electron chi connectivity index (χ1n) is 6.56. The maximum atomic E-state index is 12.1. The van der Waals surface area contributed by atoms with Gasteiger partial charge < -0.3 is 10.6 Å². The summed E-state index contributed by atoms with van der Waals surface area (Å²) in [6, 6.07) is 7.72. The van der Waals surface area contributed by atoms with Crippen molar-refractivity contribution in [1.29, 1.82) is 0 Å². The summed E-state index contributed by atoms with van der Waals surface area (Å²) < 4.78 is 1.72. The second-order valence-corrected chi connectivity index (χ2v) is 4.70. The average Bonchev–Trinajstić information content (AvgIpc) is 2.94. The summed E-state index contributed by atoms with van der Waals surface area (Å²) in [5.74, 6) is -0.0789. The van der Waals surface area contributed by atoms with Crippen molar-refractivity contribution < 1.29 is 4.79 Å². The van der Waals surface area contributed by atoms with Crippen molar-refractivity contribution in [3.8, 4) is 0 Å². The standard InChI is InChI=1S/C14H19N5O/c1-11(7-15-2)14(20)18-13-6-4-3-5-12(13)8-19-10-16-9-17-19/h3-6,9-11,15H,7-8H2,1-2H3,(H,18,20). The van der Waals surface area contributed by atoms with Gasteiger partial charge in [0.1, 0.15) is 12.7 Å². The molecule has 0 aliphatic heterocycles. The van der Waals surface area contributed by atoms with Crippen LogP contribution in [-0.2, 0) is 11.3 Å². The van der Waals surface area contributed by atoms with Crippen LogP contribution in [0, 0.1) is 5.92 Å². The average molecular weight is 273 g/mol. The van der Waals surface area contributed by atoms with Crippen LogP contribution in [0.2, 0.25) is 0 Å². The first-order valence-corrected chi connectivity index (χ1v) is 6.56. The summed E-state index contributed by atoms with van der Waals surface area (Å²) in [4.78, 5) is 16.0. The first-order chi connectivity index (χ1) is 9.70. The van der Waals surface area contributed by atoms with Crippen LogP contribution in [0.1, 0.15) is 12.5 Å². The minimum absolute atomic E-state index is 0.00499. The molecule has 1 atom stereocenters. The molecular formula is C14H19N5O. The van der Waals surface area contributed by atoms with Crippen LogP contribution < -0.4 is 10.6 Å². The van der Waals surface area contributed by atoms with E-state index in [-0.39, 0.29) is 11.8 Å². The highest BCUT2D eigenvalue weighted by Gasteiger charge is 2.13. The number of aromatic nitrogens is 3. The van der Waals surface area contributed by atoms with Gasteiger partial charge in [-0.3, -0.25) is 4.79 Å². The Morgan fingerprint density at radius 2 is 2.20 bits per heavy atom. The van der Waals surface area contributed by atoms with Crippen molar-refractivity contribution in [3.05, 3.63) is 42.5 Å². The molecule has 0 radical (unpaired) electrons. The lowest BCUT2D eigenvalue weighted by Crippen LogP contribution is -2.29. The van der Waals surface area contributed by atoms with E-state index in [9.17, 15) is 4.79 Å². The summed E-state index contributed by atoms with van der Waals surface area (Å²) in [7, 11) is 1.84. The predicted octanol–water partition coefficient (Wildman–Crippen LogP) is 1.12. The monoisotopic (exact) mass is 273 g/mol. The summed E-state index contributed by atoms with van der Waals surface area (Å²) in [6.07, 6.45) is 3.15. The predicted molar refractivity (Wildman–Crippen MR) is 77.3 cm³/mol. The van der Waals surface area contributed by atoms with Crippen molar-refractivity contribution in [3.63, 3.8) is 0 Å². The Morgan fingerprint density at radius 1 is 1.40 bits per heavy atom. The van der Waals surface area contributed by atoms with Gasteiger partial charge in [0, 0.05) is 18.2 Å². The Balaban J connectivity index is 2.09. The molecule has 2 rings (SSSR count). The number of anilines is 1. The summed E-state index contributed by atoms with van der Waals surface area (Å²) in [5.41, 5.74) is 1.82. The van der Waals surface area contributed by atoms with Gasteiger partial charge in [-0.2, -0.15) is 5.10 Å². The largest absolute Gasteiger partial charge is 0.325 e. The van der Waals surface area contributed by atoms with Crippen LogP contribution in [0.4, 0.5) is 5.69 Å². The molecule has 1 aromatic carbocycles. The molecule has 106 valence electrons. The normalized spacial score (nSPS) is 12.1. The van der Waals surface area contributed by atoms with Crippen LogP contribution in [0.25, 0.3) is 0 Å². The molecule has 1 heterocycles. The van der Waals surface area contributed by atoms with Crippen molar-refractivity contribution in [2.75, 3.05) is 18.9 Å². The molecule has 6 nitrogen and oxygen atoms in total. The molecule has 0 saturated heterocycles. The number of carbonyl (C=O) groups is 1. The molecule has 0 fully saturated rings. The number of nitrogens with zero attached hydrogens (tertiary/aromatic N) is 3. The van der Waals surface area contributed by atoms with E-state index in [0.717, 1.165) is 11.3 Å². The third kappa shape index (κ3) is 3.64. The third-order valence-electron chi connectivity index (χ3n) is 3.03. The van der Waals surface area contributed by atoms with Crippen molar-refractivity contribution >= 4 is 11.6 Å². The van der Waals surface area contributed by atoms with Gasteiger partial charge in [-0.05, 0) is 18.7 Å². The topological polar surface area (TPSA) is 71.8 Å². The Morgan fingerprint density at radius 3 is 2.90 bits per heavy atom. The minimum atomic E-state index is -0.0839. The smallest absolute Gasteiger partial charge is 0.228 e. The van der Waals surface area contributed by atoms with E-state index in [2.05, 4.69) is 20.7 Å². The number of benzene rings is 1. The maximum Gasteiger partial charge on any atom is 0.228 e. The molecule has 1 aromatic heterocycles. The van der Waals surface area contributed by atoms with Gasteiger partial charge in [0.05, 0.1) is 6.54 Å². The van der Waals surface area contributed by atoms with E-state index in [0.29, 0.717) is 13.1 Å². The third-order valence-corrected chi connectivity index (χ3v) is 3.03. The molecule has 0 aliphatic carbocycles. The molecule has 6 heteroatoms. The van der Waals surface area contributed by atoms with Gasteiger partial charge in [-0.1, -0.05) is 25.1 Å². The number of carbonyl (C=O) groups excluding carboxylic acids is 1. The summed E-state index contributed by atoms with van der Waals surface area (Å²) in [5, 5.41) is 10.0. The first kappa shape index (κ1) is 14.2. The maximum absolute atomic E-state index is 12.1. The molecule has 0 aliphatic rings. The van der Waals surface area contributed by atoms with E-state index >= 15 is 0 Å². The molecule has 0 saturated carbocycles. The molecule has 0 spiro atoms. The van der Waals surface area contributed by atoms with Gasteiger partial charge in [0.25, 0.3) is 0 Å². The lowest BCUT2D eigenvalue weighted by molar-refractivity contribution is -0.119. The highest BCUT2D eigenvalue weighted by atomic mass is 16.1. The van der Waals surface area contributed by atoms with E-state index in [1.165, 1.54) is 6.33 Å². The fourth-order valence-corrected chi connectivity index (χ4v) is 1.92. The molecular weight excluding hydrogens is 254 g/mol. The second-order valence-electron chi connectivity index (χ2n) is 4.70. The molecule has 0 bridgehead atoms. The summed E-state index contributed by atoms with van der Waals surface area (Å²) in [6.45, 7) is 3.12. The Hall–Kier alpha value is -2.21. The van der Waals surface area contributed by atoms with Crippen molar-refractivity contribution in [2.24, 2.45) is 5.92 Å². The molecule has 2 N–H and O–H groups in total. The van der Waals surface area contributed by atoms with Gasteiger partial charge in [-0.25, -0.2) is 9.67 Å². The second kappa shape index (κ2) is 6.81. The van der Waals surface area contributed by atoms with E-state index in [4.69, 9.17) is 0 Å². The van der Waals surface area contributed by atoms with Crippen LogP contribution in [0.5, 0.6) is 0 Å². The molecule has 1 amide bonds. The molecule has 20 heavy (non-hydrogen) atoms. The fourth-order valence-electron chi connectivity index (χ4n) is 1.92. The molecule has 1 unspecified atom stereocenters. The summed E-state index contributed by atoms with van der Waals surface area (Å²) >= 11 is 0. The number of nitrogens with one attached hydrogen (secondary N) is 2. The Bertz CT molecular complexity index is 552. The number of hydrogen-bond acceptors (Lipinski definition) is 4. The van der Waals surface area contributed by atoms with E-state index in [1.807, 2.05) is 38.2 Å². The highest BCUT2D eigenvalue weighted by Crippen LogP contribution is 2.16. The zero-order chi connectivity index (χ0) is 14.4. The minimum Gasteiger partial charge on any atom is -0.325 e. The van der Waals surface area contributed by atoms with Crippen LogP contribution in [0.15, 0.2) is 36.9 Å². The van der Waals surface area contributed by atoms with Crippen molar-refractivity contribution in [2.45, 2.75) is 13.5 Å². The number of hydrogen-bond donors (Lipinski definition) is 2. The number of rotatable bonds is 6. The number of para-hydroxylation sites is 1. The lowest BCUT2D eigenvalue weighted by atomic mass is 10.1. The SMILES string of the molecule is CNCC(C)C(=O)Nc1ccccc1Cn1cncn1. The van der Waals surface area contributed by atoms with Gasteiger partial charge in [-0.15, -0.1) is 0 Å². The molecule has 2 aromatic rings. The number of amides is 1. The van der Waals surface area contributed by atoms with Gasteiger partial charge in [0.2, 0.25) is 5.91 Å². The highest BCUT2D eigenvalue weighted by molar-refractivity contribution is 5.93. The van der Waals surface area contributed by atoms with E-state index < -0.39 is 0 Å². The van der Waals surface area contributed by atoms with E-state index in [1.54, 1.807) is 11.0 Å². The Labute approximate surface area is 118 Å².